The molecule has 2 rings (SSSR count). The quantitative estimate of drug-likeness (QED) is 0.766. The molecule has 84 valence electrons. The molecule has 0 bridgehead atoms. The predicted octanol–water partition coefficient (Wildman–Crippen LogP) is 0.665. The van der Waals surface area contributed by atoms with Gasteiger partial charge in [-0.15, -0.1) is 0 Å². The van der Waals surface area contributed by atoms with E-state index >= 15 is 0 Å². The number of amides is 1. The molecule has 1 heterocycles. The van der Waals surface area contributed by atoms with E-state index < -0.39 is 6.04 Å². The van der Waals surface area contributed by atoms with E-state index in [0.717, 1.165) is 11.1 Å². The van der Waals surface area contributed by atoms with Crippen molar-refractivity contribution >= 4 is 11.7 Å². The van der Waals surface area contributed by atoms with Crippen molar-refractivity contribution in [3.63, 3.8) is 0 Å². The summed E-state index contributed by atoms with van der Waals surface area (Å²) in [6, 6.07) is 6.97. The Balaban J connectivity index is 2.21. The highest BCUT2D eigenvalue weighted by molar-refractivity contribution is 5.95. The first-order valence-electron chi connectivity index (χ1n) is 5.31. The average molecular weight is 218 g/mol. The van der Waals surface area contributed by atoms with Gasteiger partial charge in [-0.25, -0.2) is 0 Å². The third kappa shape index (κ3) is 2.12. The summed E-state index contributed by atoms with van der Waals surface area (Å²) in [5, 5.41) is 2.70. The van der Waals surface area contributed by atoms with Gasteiger partial charge in [0.05, 0.1) is 0 Å². The first-order valence-corrected chi connectivity index (χ1v) is 5.31. The van der Waals surface area contributed by atoms with Crippen LogP contribution >= 0.6 is 0 Å². The zero-order valence-corrected chi connectivity index (χ0v) is 8.90. The van der Waals surface area contributed by atoms with Gasteiger partial charge < -0.3 is 11.1 Å². The summed E-state index contributed by atoms with van der Waals surface area (Å²) < 4.78 is 0. The third-order valence-corrected chi connectivity index (χ3v) is 2.77. The van der Waals surface area contributed by atoms with Crippen LogP contribution in [0, 0.1) is 0 Å². The lowest BCUT2D eigenvalue weighted by molar-refractivity contribution is -0.132. The molecule has 1 aliphatic heterocycles. The standard InChI is InChI=1S/C12H14N2O2/c13-7-8-1-3-9(4-2-8)12-10(15)5-6-11(16)14-12/h1-4,12H,5-7,13H2,(H,14,16). The van der Waals surface area contributed by atoms with Crippen LogP contribution in [0.2, 0.25) is 0 Å². The topological polar surface area (TPSA) is 72.2 Å². The highest BCUT2D eigenvalue weighted by Gasteiger charge is 2.27. The van der Waals surface area contributed by atoms with E-state index in [2.05, 4.69) is 5.32 Å². The van der Waals surface area contributed by atoms with Crippen molar-refractivity contribution in [3.8, 4) is 0 Å². The van der Waals surface area contributed by atoms with Gasteiger partial charge >= 0.3 is 0 Å². The first kappa shape index (κ1) is 10.8. The van der Waals surface area contributed by atoms with Crippen molar-refractivity contribution in [2.75, 3.05) is 0 Å². The fourth-order valence-electron chi connectivity index (χ4n) is 1.81. The summed E-state index contributed by atoms with van der Waals surface area (Å²) in [5.41, 5.74) is 7.33. The molecule has 1 aromatic rings. The largest absolute Gasteiger partial charge is 0.342 e. The molecule has 1 amide bonds. The van der Waals surface area contributed by atoms with Crippen molar-refractivity contribution in [2.45, 2.75) is 25.4 Å². The fourth-order valence-corrected chi connectivity index (χ4v) is 1.81. The summed E-state index contributed by atoms with van der Waals surface area (Å²) in [6.45, 7) is 0.477. The lowest BCUT2D eigenvalue weighted by atomic mass is 9.95. The van der Waals surface area contributed by atoms with E-state index in [4.69, 9.17) is 5.73 Å². The van der Waals surface area contributed by atoms with Crippen LogP contribution in [0.15, 0.2) is 24.3 Å². The molecule has 1 aliphatic rings. The minimum Gasteiger partial charge on any atom is -0.342 e. The Morgan fingerprint density at radius 2 is 1.88 bits per heavy atom. The van der Waals surface area contributed by atoms with Crippen molar-refractivity contribution in [2.24, 2.45) is 5.73 Å². The molecule has 0 aromatic heterocycles. The number of hydrogen-bond donors (Lipinski definition) is 2. The third-order valence-electron chi connectivity index (χ3n) is 2.77. The van der Waals surface area contributed by atoms with Crippen LogP contribution in [0.3, 0.4) is 0 Å². The Morgan fingerprint density at radius 1 is 1.19 bits per heavy atom. The monoisotopic (exact) mass is 218 g/mol. The van der Waals surface area contributed by atoms with Crippen LogP contribution in [-0.2, 0) is 16.1 Å². The number of Topliss-reactive ketones (excluding diaryl/α,β-unsaturated/α-hetero) is 1. The van der Waals surface area contributed by atoms with E-state index in [-0.39, 0.29) is 11.7 Å². The summed E-state index contributed by atoms with van der Waals surface area (Å²) in [4.78, 5) is 22.9. The van der Waals surface area contributed by atoms with Crippen molar-refractivity contribution in [1.82, 2.24) is 5.32 Å². The number of benzene rings is 1. The van der Waals surface area contributed by atoms with Gasteiger partial charge in [-0.1, -0.05) is 24.3 Å². The number of hydrogen-bond acceptors (Lipinski definition) is 3. The number of ketones is 1. The Hall–Kier alpha value is -1.68. The maximum Gasteiger partial charge on any atom is 0.221 e. The summed E-state index contributed by atoms with van der Waals surface area (Å²) in [5.74, 6) is 0.00704. The van der Waals surface area contributed by atoms with Crippen molar-refractivity contribution < 1.29 is 9.59 Å². The highest BCUT2D eigenvalue weighted by Crippen LogP contribution is 2.20. The van der Waals surface area contributed by atoms with Gasteiger partial charge in [-0.05, 0) is 11.1 Å². The molecule has 16 heavy (non-hydrogen) atoms. The second-order valence-corrected chi connectivity index (χ2v) is 3.91. The van der Waals surface area contributed by atoms with Gasteiger partial charge in [-0.2, -0.15) is 0 Å². The Kier molecular flexibility index (Phi) is 3.01. The first-order chi connectivity index (χ1) is 7.70. The van der Waals surface area contributed by atoms with Crippen LogP contribution in [0.25, 0.3) is 0 Å². The van der Waals surface area contributed by atoms with E-state index in [9.17, 15) is 9.59 Å². The van der Waals surface area contributed by atoms with Crippen LogP contribution in [-0.4, -0.2) is 11.7 Å². The van der Waals surface area contributed by atoms with Crippen molar-refractivity contribution in [1.29, 1.82) is 0 Å². The molecule has 4 heteroatoms. The second kappa shape index (κ2) is 4.45. The Morgan fingerprint density at radius 3 is 2.50 bits per heavy atom. The second-order valence-electron chi connectivity index (χ2n) is 3.91. The molecule has 0 radical (unpaired) electrons. The molecule has 0 spiro atoms. The van der Waals surface area contributed by atoms with Crippen LogP contribution in [0.4, 0.5) is 0 Å². The molecule has 1 saturated heterocycles. The minimum atomic E-state index is -0.479. The maximum atomic E-state index is 11.7. The molecule has 0 aliphatic carbocycles. The number of carbonyl (C=O) groups excluding carboxylic acids is 2. The van der Waals surface area contributed by atoms with Gasteiger partial charge in [0.2, 0.25) is 5.91 Å². The summed E-state index contributed by atoms with van der Waals surface area (Å²) in [6.07, 6.45) is 0.630. The molecule has 3 N–H and O–H groups in total. The smallest absolute Gasteiger partial charge is 0.221 e. The summed E-state index contributed by atoms with van der Waals surface area (Å²) in [7, 11) is 0. The van der Waals surface area contributed by atoms with Gasteiger partial charge in [0.15, 0.2) is 5.78 Å². The molecular formula is C12H14N2O2. The van der Waals surface area contributed by atoms with Gasteiger partial charge in [0, 0.05) is 19.4 Å². The maximum absolute atomic E-state index is 11.7. The van der Waals surface area contributed by atoms with Gasteiger partial charge in [0.1, 0.15) is 6.04 Å². The minimum absolute atomic E-state index is 0.0625. The molecule has 1 aromatic carbocycles. The highest BCUT2D eigenvalue weighted by atomic mass is 16.2. The number of nitrogens with two attached hydrogens (primary N) is 1. The lowest BCUT2D eigenvalue weighted by Crippen LogP contribution is -2.38. The number of carbonyl (C=O) groups is 2. The van der Waals surface area contributed by atoms with Gasteiger partial charge in [0.25, 0.3) is 0 Å². The van der Waals surface area contributed by atoms with E-state index in [1.807, 2.05) is 24.3 Å². The van der Waals surface area contributed by atoms with E-state index in [1.54, 1.807) is 0 Å². The number of rotatable bonds is 2. The lowest BCUT2D eigenvalue weighted by Gasteiger charge is -2.22. The van der Waals surface area contributed by atoms with Crippen molar-refractivity contribution in [3.05, 3.63) is 35.4 Å². The van der Waals surface area contributed by atoms with Crippen LogP contribution < -0.4 is 11.1 Å². The molecule has 1 unspecified atom stereocenters. The van der Waals surface area contributed by atoms with Crippen LogP contribution in [0.1, 0.15) is 30.0 Å². The van der Waals surface area contributed by atoms with Gasteiger partial charge in [-0.3, -0.25) is 9.59 Å². The Labute approximate surface area is 93.8 Å². The Bertz CT molecular complexity index is 412. The average Bonchev–Trinajstić information content (AvgIpc) is 2.32. The molecular weight excluding hydrogens is 204 g/mol. The fraction of sp³-hybridized carbons (Fsp3) is 0.333. The normalized spacial score (nSPS) is 20.7. The van der Waals surface area contributed by atoms with E-state index in [1.165, 1.54) is 0 Å². The molecule has 1 fully saturated rings. The zero-order chi connectivity index (χ0) is 11.5. The predicted molar refractivity (Wildman–Crippen MR) is 59.5 cm³/mol. The zero-order valence-electron chi connectivity index (χ0n) is 8.90. The SMILES string of the molecule is NCc1ccc(C2NC(=O)CCC2=O)cc1. The summed E-state index contributed by atoms with van der Waals surface area (Å²) >= 11 is 0. The molecule has 1 atom stereocenters. The molecule has 4 nitrogen and oxygen atoms in total. The number of piperidine rings is 1. The number of nitrogens with one attached hydrogen (secondary N) is 1. The van der Waals surface area contributed by atoms with Crippen LogP contribution in [0.5, 0.6) is 0 Å². The van der Waals surface area contributed by atoms with E-state index in [0.29, 0.717) is 19.4 Å². The molecule has 0 saturated carbocycles.